The van der Waals surface area contributed by atoms with Crippen LogP contribution in [0.15, 0.2) is 22.8 Å². The SMILES string of the molecule is CC(=O)c1ccc2occ(O)c2c1O. The molecule has 0 saturated carbocycles. The van der Waals surface area contributed by atoms with Gasteiger partial charge in [-0.15, -0.1) is 0 Å². The Morgan fingerprint density at radius 2 is 2.07 bits per heavy atom. The second kappa shape index (κ2) is 2.77. The van der Waals surface area contributed by atoms with Gasteiger partial charge in [0.2, 0.25) is 0 Å². The van der Waals surface area contributed by atoms with E-state index >= 15 is 0 Å². The predicted octanol–water partition coefficient (Wildman–Crippen LogP) is 2.05. The summed E-state index contributed by atoms with van der Waals surface area (Å²) >= 11 is 0. The van der Waals surface area contributed by atoms with Crippen LogP contribution in [0.1, 0.15) is 17.3 Å². The molecule has 0 atom stereocenters. The fraction of sp³-hybridized carbons (Fsp3) is 0.100. The number of carbonyl (C=O) groups excluding carboxylic acids is 1. The minimum atomic E-state index is -0.259. The third-order valence-corrected chi connectivity index (χ3v) is 2.07. The first kappa shape index (κ1) is 8.62. The Hall–Kier alpha value is -1.97. The van der Waals surface area contributed by atoms with Crippen LogP contribution in [-0.2, 0) is 0 Å². The summed E-state index contributed by atoms with van der Waals surface area (Å²) in [6.45, 7) is 1.35. The smallest absolute Gasteiger partial charge is 0.165 e. The van der Waals surface area contributed by atoms with Crippen molar-refractivity contribution in [3.63, 3.8) is 0 Å². The monoisotopic (exact) mass is 192 g/mol. The number of phenolic OH excluding ortho intramolecular Hbond substituents is 1. The highest BCUT2D eigenvalue weighted by Gasteiger charge is 2.15. The van der Waals surface area contributed by atoms with Gasteiger partial charge in [-0.25, -0.2) is 0 Å². The molecule has 0 spiro atoms. The van der Waals surface area contributed by atoms with E-state index in [-0.39, 0.29) is 28.2 Å². The van der Waals surface area contributed by atoms with Crippen molar-refractivity contribution in [2.24, 2.45) is 0 Å². The van der Waals surface area contributed by atoms with Crippen LogP contribution in [-0.4, -0.2) is 16.0 Å². The lowest BCUT2D eigenvalue weighted by Gasteiger charge is -2.00. The molecule has 0 aliphatic rings. The molecule has 72 valence electrons. The van der Waals surface area contributed by atoms with Crippen LogP contribution in [0.4, 0.5) is 0 Å². The molecule has 1 heterocycles. The molecule has 2 N–H and O–H groups in total. The lowest BCUT2D eigenvalue weighted by atomic mass is 10.1. The lowest BCUT2D eigenvalue weighted by molar-refractivity contribution is 0.101. The Balaban J connectivity index is 2.86. The number of hydrogen-bond acceptors (Lipinski definition) is 4. The van der Waals surface area contributed by atoms with Gasteiger partial charge >= 0.3 is 0 Å². The Labute approximate surface area is 79.4 Å². The van der Waals surface area contributed by atoms with E-state index in [0.29, 0.717) is 5.58 Å². The molecule has 2 rings (SSSR count). The van der Waals surface area contributed by atoms with Crippen molar-refractivity contribution in [2.45, 2.75) is 6.92 Å². The van der Waals surface area contributed by atoms with Crippen molar-refractivity contribution in [3.05, 3.63) is 24.0 Å². The molecule has 2 aromatic rings. The van der Waals surface area contributed by atoms with Crippen molar-refractivity contribution in [2.75, 3.05) is 0 Å². The summed E-state index contributed by atoms with van der Waals surface area (Å²) in [5.74, 6) is -0.660. The maximum Gasteiger partial charge on any atom is 0.165 e. The number of Topliss-reactive ketones (excluding diaryl/α,β-unsaturated/α-hetero) is 1. The molecule has 0 bridgehead atoms. The summed E-state index contributed by atoms with van der Waals surface area (Å²) in [5.41, 5.74) is 0.527. The van der Waals surface area contributed by atoms with E-state index in [2.05, 4.69) is 0 Å². The highest BCUT2D eigenvalue weighted by atomic mass is 16.4. The van der Waals surface area contributed by atoms with Crippen molar-refractivity contribution in [1.29, 1.82) is 0 Å². The standard InChI is InChI=1S/C10H8O4/c1-5(11)6-2-3-8-9(10(6)13)7(12)4-14-8/h2-4,12-13H,1H3. The number of fused-ring (bicyclic) bond motifs is 1. The van der Waals surface area contributed by atoms with Gasteiger partial charge in [-0.05, 0) is 19.1 Å². The van der Waals surface area contributed by atoms with Crippen molar-refractivity contribution >= 4 is 16.8 Å². The zero-order valence-electron chi connectivity index (χ0n) is 7.44. The van der Waals surface area contributed by atoms with Gasteiger partial charge in [0, 0.05) is 0 Å². The quantitative estimate of drug-likeness (QED) is 0.678. The zero-order chi connectivity index (χ0) is 10.3. The maximum absolute atomic E-state index is 11.1. The topological polar surface area (TPSA) is 70.7 Å². The number of hydrogen-bond donors (Lipinski definition) is 2. The predicted molar refractivity (Wildman–Crippen MR) is 49.5 cm³/mol. The molecule has 0 amide bonds. The van der Waals surface area contributed by atoms with Crippen LogP contribution in [0.2, 0.25) is 0 Å². The minimum absolute atomic E-state index is 0.166. The summed E-state index contributed by atoms with van der Waals surface area (Å²) in [6.07, 6.45) is 1.12. The van der Waals surface area contributed by atoms with E-state index < -0.39 is 0 Å². The van der Waals surface area contributed by atoms with Gasteiger partial charge in [-0.2, -0.15) is 0 Å². The Morgan fingerprint density at radius 3 is 2.71 bits per heavy atom. The molecule has 0 aliphatic carbocycles. The lowest BCUT2D eigenvalue weighted by Crippen LogP contribution is -1.91. The molecule has 0 saturated heterocycles. The molecule has 4 heteroatoms. The molecule has 0 aliphatic heterocycles. The van der Waals surface area contributed by atoms with E-state index in [1.165, 1.54) is 19.1 Å². The van der Waals surface area contributed by atoms with Crippen molar-refractivity contribution in [1.82, 2.24) is 0 Å². The molecule has 0 radical (unpaired) electrons. The van der Waals surface area contributed by atoms with Crippen LogP contribution in [0.3, 0.4) is 0 Å². The minimum Gasteiger partial charge on any atom is -0.506 e. The Kier molecular flexibility index (Phi) is 1.70. The zero-order valence-corrected chi connectivity index (χ0v) is 7.44. The number of carbonyl (C=O) groups is 1. The largest absolute Gasteiger partial charge is 0.506 e. The van der Waals surface area contributed by atoms with Gasteiger partial charge in [0.15, 0.2) is 11.5 Å². The van der Waals surface area contributed by atoms with E-state index in [0.717, 1.165) is 6.26 Å². The summed E-state index contributed by atoms with van der Waals surface area (Å²) in [4.78, 5) is 11.1. The fourth-order valence-electron chi connectivity index (χ4n) is 1.38. The van der Waals surface area contributed by atoms with Gasteiger partial charge in [0.1, 0.15) is 23.0 Å². The fourth-order valence-corrected chi connectivity index (χ4v) is 1.38. The number of ketones is 1. The first-order chi connectivity index (χ1) is 6.61. The van der Waals surface area contributed by atoms with E-state index in [9.17, 15) is 15.0 Å². The summed E-state index contributed by atoms with van der Waals surface area (Å²) < 4.78 is 4.94. The van der Waals surface area contributed by atoms with E-state index in [1.54, 1.807) is 0 Å². The second-order valence-corrected chi connectivity index (χ2v) is 3.01. The molecule has 1 aromatic heterocycles. The molecular weight excluding hydrogens is 184 g/mol. The van der Waals surface area contributed by atoms with Gasteiger partial charge in [0.05, 0.1) is 5.56 Å². The van der Waals surface area contributed by atoms with Crippen LogP contribution >= 0.6 is 0 Å². The summed E-state index contributed by atoms with van der Waals surface area (Å²) in [7, 11) is 0. The highest BCUT2D eigenvalue weighted by Crippen LogP contribution is 2.36. The van der Waals surface area contributed by atoms with Gasteiger partial charge < -0.3 is 14.6 Å². The Bertz CT molecular complexity index is 510. The van der Waals surface area contributed by atoms with Crippen molar-refractivity contribution < 1.29 is 19.4 Å². The highest BCUT2D eigenvalue weighted by molar-refractivity contribution is 6.04. The number of phenols is 1. The second-order valence-electron chi connectivity index (χ2n) is 3.01. The normalized spacial score (nSPS) is 10.6. The van der Waals surface area contributed by atoms with E-state index in [1.807, 2.05) is 0 Å². The van der Waals surface area contributed by atoms with Gasteiger partial charge in [-0.3, -0.25) is 4.79 Å². The van der Waals surface area contributed by atoms with E-state index in [4.69, 9.17) is 4.42 Å². The average molecular weight is 192 g/mol. The van der Waals surface area contributed by atoms with Crippen LogP contribution in [0, 0.1) is 0 Å². The summed E-state index contributed by atoms with van der Waals surface area (Å²) in [5, 5.41) is 19.2. The first-order valence-electron chi connectivity index (χ1n) is 4.04. The number of aromatic hydroxyl groups is 2. The molecule has 14 heavy (non-hydrogen) atoms. The summed E-state index contributed by atoms with van der Waals surface area (Å²) in [6, 6.07) is 2.99. The van der Waals surface area contributed by atoms with Crippen LogP contribution in [0.25, 0.3) is 11.0 Å². The molecular formula is C10H8O4. The van der Waals surface area contributed by atoms with Gasteiger partial charge in [-0.1, -0.05) is 0 Å². The first-order valence-corrected chi connectivity index (χ1v) is 4.04. The number of furan rings is 1. The maximum atomic E-state index is 11.1. The van der Waals surface area contributed by atoms with Gasteiger partial charge in [0.25, 0.3) is 0 Å². The van der Waals surface area contributed by atoms with Crippen molar-refractivity contribution in [3.8, 4) is 11.5 Å². The van der Waals surface area contributed by atoms with Crippen LogP contribution < -0.4 is 0 Å². The molecule has 0 fully saturated rings. The Morgan fingerprint density at radius 1 is 1.36 bits per heavy atom. The third kappa shape index (κ3) is 1.04. The molecule has 0 unspecified atom stereocenters. The molecule has 4 nitrogen and oxygen atoms in total. The average Bonchev–Trinajstić information content (AvgIpc) is 2.48. The van der Waals surface area contributed by atoms with Crippen LogP contribution in [0.5, 0.6) is 11.5 Å². The number of benzene rings is 1. The molecule has 1 aromatic carbocycles. The number of rotatable bonds is 1. The third-order valence-electron chi connectivity index (χ3n) is 2.07.